The Kier molecular flexibility index (Phi) is 4.33. The molecule has 1 aromatic carbocycles. The minimum atomic E-state index is -2.99. The number of alkyl halides is 2. The summed E-state index contributed by atoms with van der Waals surface area (Å²) in [6.07, 6.45) is 2.65. The molecule has 1 atom stereocenters. The van der Waals surface area contributed by atoms with Crippen molar-refractivity contribution < 1.29 is 18.4 Å². The van der Waals surface area contributed by atoms with Gasteiger partial charge >= 0.3 is 0 Å². The van der Waals surface area contributed by atoms with Crippen LogP contribution in [0.25, 0.3) is 10.9 Å². The molecule has 2 aromatic heterocycles. The summed E-state index contributed by atoms with van der Waals surface area (Å²) in [5.74, 6) is -3.87. The third kappa shape index (κ3) is 3.32. The van der Waals surface area contributed by atoms with E-state index >= 15 is 0 Å². The number of benzene rings is 1. The molecule has 1 saturated heterocycles. The van der Waals surface area contributed by atoms with Gasteiger partial charge < -0.3 is 15.2 Å². The molecule has 8 nitrogen and oxygen atoms in total. The largest absolute Gasteiger partial charge is 0.361 e. The van der Waals surface area contributed by atoms with Crippen molar-refractivity contribution in [2.45, 2.75) is 24.9 Å². The van der Waals surface area contributed by atoms with Crippen molar-refractivity contribution in [3.05, 3.63) is 47.9 Å². The summed E-state index contributed by atoms with van der Waals surface area (Å²) in [7, 11) is 1.46. The van der Waals surface area contributed by atoms with Crippen molar-refractivity contribution in [1.82, 2.24) is 30.2 Å². The van der Waals surface area contributed by atoms with Crippen molar-refractivity contribution >= 4 is 22.7 Å². The number of fused-ring (bicyclic) bond motifs is 1. The maximum atomic E-state index is 14.1. The van der Waals surface area contributed by atoms with Gasteiger partial charge in [0.1, 0.15) is 0 Å². The normalized spacial score (nSPS) is 18.5. The minimum absolute atomic E-state index is 0.0239. The van der Waals surface area contributed by atoms with Crippen LogP contribution in [0.3, 0.4) is 0 Å². The Hall–Kier alpha value is -3.30. The third-order valence-corrected chi connectivity index (χ3v) is 4.84. The highest BCUT2D eigenvalue weighted by atomic mass is 19.3. The number of nitrogens with zero attached hydrogens (tertiary/aromatic N) is 4. The maximum Gasteiger partial charge on any atom is 0.273 e. The Labute approximate surface area is 158 Å². The lowest BCUT2D eigenvalue weighted by Gasteiger charge is -2.23. The number of amides is 2. The predicted molar refractivity (Wildman–Crippen MR) is 96.1 cm³/mol. The highest BCUT2D eigenvalue weighted by Crippen LogP contribution is 2.34. The number of H-pyrrole nitrogens is 1. The molecule has 1 unspecified atom stereocenters. The lowest BCUT2D eigenvalue weighted by atomic mass is 10.1. The Balaban J connectivity index is 1.57. The van der Waals surface area contributed by atoms with E-state index < -0.39 is 36.7 Å². The van der Waals surface area contributed by atoms with Crippen LogP contribution in [-0.4, -0.2) is 62.2 Å². The molecule has 1 aliphatic rings. The second-order valence-electron chi connectivity index (χ2n) is 6.83. The summed E-state index contributed by atoms with van der Waals surface area (Å²) in [6.45, 7) is -0.633. The first-order chi connectivity index (χ1) is 13.4. The van der Waals surface area contributed by atoms with Crippen molar-refractivity contribution in [3.63, 3.8) is 0 Å². The van der Waals surface area contributed by atoms with Crippen LogP contribution in [0.2, 0.25) is 0 Å². The van der Waals surface area contributed by atoms with Crippen molar-refractivity contribution in [3.8, 4) is 0 Å². The molecule has 0 radical (unpaired) electrons. The average molecular weight is 388 g/mol. The molecule has 1 fully saturated rings. The Morgan fingerprint density at radius 1 is 1.36 bits per heavy atom. The zero-order chi connectivity index (χ0) is 19.9. The van der Waals surface area contributed by atoms with Crippen molar-refractivity contribution in [2.75, 3.05) is 13.6 Å². The van der Waals surface area contributed by atoms with Gasteiger partial charge in [-0.2, -0.15) is 0 Å². The molecule has 2 N–H and O–H groups in total. The number of carbonyl (C=O) groups is 2. The van der Waals surface area contributed by atoms with E-state index in [1.165, 1.54) is 22.8 Å². The first-order valence-corrected chi connectivity index (χ1v) is 8.74. The number of halogens is 2. The Morgan fingerprint density at radius 2 is 2.18 bits per heavy atom. The van der Waals surface area contributed by atoms with E-state index in [9.17, 15) is 18.4 Å². The fourth-order valence-corrected chi connectivity index (χ4v) is 3.48. The van der Waals surface area contributed by atoms with E-state index in [1.54, 1.807) is 24.4 Å². The maximum absolute atomic E-state index is 14.1. The number of nitrogens with one attached hydrogen (secondary N) is 2. The van der Waals surface area contributed by atoms with E-state index in [4.69, 9.17) is 0 Å². The van der Waals surface area contributed by atoms with Gasteiger partial charge in [0.25, 0.3) is 17.7 Å². The summed E-state index contributed by atoms with van der Waals surface area (Å²) in [4.78, 5) is 28.7. The SMILES string of the molecule is CNC(=O)c1cn(CC2CC(F)(F)CN2C(=O)c2ccc3cc[nH]c3c2)nn1. The van der Waals surface area contributed by atoms with Gasteiger partial charge in [-0.05, 0) is 23.6 Å². The number of rotatable bonds is 4. The Bertz CT molecular complexity index is 1040. The van der Waals surface area contributed by atoms with Gasteiger partial charge in [0.2, 0.25) is 0 Å². The van der Waals surface area contributed by atoms with Gasteiger partial charge in [-0.3, -0.25) is 9.59 Å². The van der Waals surface area contributed by atoms with Gasteiger partial charge in [0, 0.05) is 30.7 Å². The molecule has 0 saturated carbocycles. The van der Waals surface area contributed by atoms with Gasteiger partial charge in [0.15, 0.2) is 5.69 Å². The molecule has 1 aliphatic heterocycles. The van der Waals surface area contributed by atoms with Crippen LogP contribution in [0.15, 0.2) is 36.7 Å². The fourth-order valence-electron chi connectivity index (χ4n) is 3.48. The first kappa shape index (κ1) is 18.1. The van der Waals surface area contributed by atoms with Gasteiger partial charge in [-0.25, -0.2) is 13.5 Å². The number of hydrogen-bond acceptors (Lipinski definition) is 4. The highest BCUT2D eigenvalue weighted by Gasteiger charge is 2.47. The van der Waals surface area contributed by atoms with Crippen LogP contribution in [0.5, 0.6) is 0 Å². The molecule has 0 spiro atoms. The number of likely N-dealkylation sites (tertiary alicyclic amines) is 1. The molecule has 0 aliphatic carbocycles. The van der Waals surface area contributed by atoms with Crippen LogP contribution in [-0.2, 0) is 6.54 Å². The Morgan fingerprint density at radius 3 is 2.96 bits per heavy atom. The zero-order valence-corrected chi connectivity index (χ0v) is 15.0. The van der Waals surface area contributed by atoms with E-state index in [2.05, 4.69) is 20.6 Å². The van der Waals surface area contributed by atoms with Crippen molar-refractivity contribution in [1.29, 1.82) is 0 Å². The molecule has 10 heteroatoms. The zero-order valence-electron chi connectivity index (χ0n) is 15.0. The molecule has 3 heterocycles. The lowest BCUT2D eigenvalue weighted by Crippen LogP contribution is -2.38. The molecule has 3 aromatic rings. The first-order valence-electron chi connectivity index (χ1n) is 8.74. The highest BCUT2D eigenvalue weighted by molar-refractivity contribution is 5.98. The third-order valence-electron chi connectivity index (χ3n) is 4.84. The summed E-state index contributed by atoms with van der Waals surface area (Å²) in [5.41, 5.74) is 1.18. The van der Waals surface area contributed by atoms with E-state index in [0.29, 0.717) is 5.56 Å². The quantitative estimate of drug-likeness (QED) is 0.711. The number of hydrogen-bond donors (Lipinski definition) is 2. The summed E-state index contributed by atoms with van der Waals surface area (Å²) in [5, 5.41) is 10.9. The summed E-state index contributed by atoms with van der Waals surface area (Å²) >= 11 is 0. The predicted octanol–water partition coefficient (Wildman–Crippen LogP) is 1.67. The van der Waals surface area contributed by atoms with Crippen LogP contribution in [0.1, 0.15) is 27.3 Å². The molecule has 0 bridgehead atoms. The number of carbonyl (C=O) groups excluding carboxylic acids is 2. The number of aromatic nitrogens is 4. The van der Waals surface area contributed by atoms with Gasteiger partial charge in [-0.1, -0.05) is 11.3 Å². The molecular formula is C18H18F2N6O2. The molecule has 4 rings (SSSR count). The van der Waals surface area contributed by atoms with Crippen LogP contribution >= 0.6 is 0 Å². The van der Waals surface area contributed by atoms with Gasteiger partial charge in [0.05, 0.1) is 25.3 Å². The smallest absolute Gasteiger partial charge is 0.273 e. The van der Waals surface area contributed by atoms with Gasteiger partial charge in [-0.15, -0.1) is 5.10 Å². The molecule has 146 valence electrons. The average Bonchev–Trinajstić information content (AvgIpc) is 3.38. The topological polar surface area (TPSA) is 95.9 Å². The van der Waals surface area contributed by atoms with Crippen LogP contribution < -0.4 is 5.32 Å². The van der Waals surface area contributed by atoms with E-state index in [0.717, 1.165) is 10.9 Å². The summed E-state index contributed by atoms with van der Waals surface area (Å²) in [6, 6.07) is 6.16. The monoisotopic (exact) mass is 388 g/mol. The van der Waals surface area contributed by atoms with E-state index in [1.807, 2.05) is 6.07 Å². The second-order valence-corrected chi connectivity index (χ2v) is 6.83. The van der Waals surface area contributed by atoms with Crippen molar-refractivity contribution in [2.24, 2.45) is 0 Å². The standard InChI is InChI=1S/C18H18F2N6O2/c1-21-16(27)15-9-25(24-23-15)8-13-7-18(19,20)10-26(13)17(28)12-3-2-11-4-5-22-14(11)6-12/h2-6,9,13,22H,7-8,10H2,1H3,(H,21,27). The summed E-state index contributed by atoms with van der Waals surface area (Å²) < 4.78 is 29.5. The molecular weight excluding hydrogens is 370 g/mol. The number of aromatic amines is 1. The molecule has 2 amide bonds. The minimum Gasteiger partial charge on any atom is -0.361 e. The fraction of sp³-hybridized carbons (Fsp3) is 0.333. The lowest BCUT2D eigenvalue weighted by molar-refractivity contribution is 0.0117. The molecule has 28 heavy (non-hydrogen) atoms. The van der Waals surface area contributed by atoms with Crippen LogP contribution in [0, 0.1) is 0 Å². The second kappa shape index (κ2) is 6.70. The van der Waals surface area contributed by atoms with Crippen LogP contribution in [0.4, 0.5) is 8.78 Å². The van der Waals surface area contributed by atoms with E-state index in [-0.39, 0.29) is 12.2 Å².